The van der Waals surface area contributed by atoms with Gasteiger partial charge < -0.3 is 21.3 Å². The average molecular weight is 624 g/mol. The number of hydrogen-bond acceptors (Lipinski definition) is 8. The van der Waals surface area contributed by atoms with Crippen molar-refractivity contribution in [2.45, 2.75) is 65.1 Å². The van der Waals surface area contributed by atoms with Gasteiger partial charge in [-0.15, -0.1) is 0 Å². The molecule has 3 atom stereocenters. The zero-order chi connectivity index (χ0) is 32.6. The van der Waals surface area contributed by atoms with Gasteiger partial charge in [0.1, 0.15) is 17.7 Å². The first kappa shape index (κ1) is 32.3. The second-order valence-corrected chi connectivity index (χ2v) is 11.7. The lowest BCUT2D eigenvalue weighted by Gasteiger charge is -2.28. The van der Waals surface area contributed by atoms with Gasteiger partial charge in [0.2, 0.25) is 17.8 Å². The minimum atomic E-state index is -0.728. The van der Waals surface area contributed by atoms with Crippen molar-refractivity contribution >= 4 is 23.7 Å². The molecule has 46 heavy (non-hydrogen) atoms. The summed E-state index contributed by atoms with van der Waals surface area (Å²) < 4.78 is 1.77. The molecule has 3 heterocycles. The molecule has 0 saturated carbocycles. The quantitative estimate of drug-likeness (QED) is 0.294. The molecule has 2 aromatic heterocycles. The van der Waals surface area contributed by atoms with Gasteiger partial charge in [-0.2, -0.15) is 5.10 Å². The molecule has 4 N–H and O–H groups in total. The standard InChI is InChI=1S/C34H41N9O3/c1-4-22(2)29-32(45)38-27(20-24-12-7-5-8-13-24)31-37-23(3)41-43(31)19-18-42(17-11-16-28(44)39-29)33(46)26-21-36-34(35)40-30(26)25-14-9-6-10-15-25/h5-10,12-15,21-22,27,29H,4,11,16-20H2,1-3H3,(H,38,45)(H,39,44)(H2,35,36,40)/t22-,27-,29-/m0/s1. The van der Waals surface area contributed by atoms with E-state index in [1.54, 1.807) is 16.5 Å². The number of rotatable bonds is 6. The van der Waals surface area contributed by atoms with Crippen LogP contribution in [0.2, 0.25) is 0 Å². The number of aryl methyl sites for hydroxylation is 1. The molecule has 4 aromatic rings. The Labute approximate surface area is 268 Å². The zero-order valence-electron chi connectivity index (χ0n) is 26.5. The van der Waals surface area contributed by atoms with Crippen LogP contribution in [0, 0.1) is 12.8 Å². The first-order valence-electron chi connectivity index (χ1n) is 15.8. The molecule has 1 aliphatic heterocycles. The highest BCUT2D eigenvalue weighted by Crippen LogP contribution is 2.24. The Hall–Kier alpha value is -5.13. The number of anilines is 1. The number of carbonyl (C=O) groups is 3. The largest absolute Gasteiger partial charge is 0.368 e. The SMILES string of the molecule is CC[C@H](C)[C@@H]1NC(=O)CCCN(C(=O)c2cnc(N)nc2-c2ccccc2)CCn2nc(C)nc2[C@H](Cc2ccccc2)NC1=O. The number of nitrogen functional groups attached to an aromatic ring is 1. The molecule has 0 spiro atoms. The summed E-state index contributed by atoms with van der Waals surface area (Å²) in [5.74, 6) is 0.304. The Morgan fingerprint density at radius 1 is 1.00 bits per heavy atom. The molecule has 0 unspecified atom stereocenters. The van der Waals surface area contributed by atoms with Gasteiger partial charge in [0.15, 0.2) is 0 Å². The van der Waals surface area contributed by atoms with E-state index in [9.17, 15) is 14.4 Å². The van der Waals surface area contributed by atoms with Crippen LogP contribution in [0.3, 0.4) is 0 Å². The van der Waals surface area contributed by atoms with Gasteiger partial charge >= 0.3 is 0 Å². The summed E-state index contributed by atoms with van der Waals surface area (Å²) in [6.07, 6.45) is 3.17. The summed E-state index contributed by atoms with van der Waals surface area (Å²) in [4.78, 5) is 56.1. The van der Waals surface area contributed by atoms with Crippen molar-refractivity contribution in [3.8, 4) is 11.3 Å². The van der Waals surface area contributed by atoms with E-state index in [1.165, 1.54) is 6.20 Å². The average Bonchev–Trinajstić information content (AvgIpc) is 3.44. The Balaban J connectivity index is 1.52. The van der Waals surface area contributed by atoms with Crippen LogP contribution in [0.25, 0.3) is 11.3 Å². The van der Waals surface area contributed by atoms with Gasteiger partial charge in [-0.1, -0.05) is 80.9 Å². The Morgan fingerprint density at radius 2 is 1.72 bits per heavy atom. The maximum absolute atomic E-state index is 14.2. The minimum absolute atomic E-state index is 0.0678. The lowest BCUT2D eigenvalue weighted by molar-refractivity contribution is -0.130. The van der Waals surface area contributed by atoms with E-state index in [0.717, 1.165) is 11.1 Å². The summed E-state index contributed by atoms with van der Waals surface area (Å²) in [6, 6.07) is 17.9. The lowest BCUT2D eigenvalue weighted by Crippen LogP contribution is -2.51. The lowest BCUT2D eigenvalue weighted by atomic mass is 9.97. The predicted octanol–water partition coefficient (Wildman–Crippen LogP) is 3.49. The van der Waals surface area contributed by atoms with Crippen LogP contribution < -0.4 is 16.4 Å². The molecule has 12 heteroatoms. The van der Waals surface area contributed by atoms with Crippen molar-refractivity contribution < 1.29 is 14.4 Å². The van der Waals surface area contributed by atoms with Crippen LogP contribution in [-0.2, 0) is 22.6 Å². The molecule has 240 valence electrons. The van der Waals surface area contributed by atoms with Crippen LogP contribution in [0.4, 0.5) is 5.95 Å². The fourth-order valence-corrected chi connectivity index (χ4v) is 5.66. The number of benzene rings is 2. The van der Waals surface area contributed by atoms with Crippen LogP contribution >= 0.6 is 0 Å². The molecule has 2 aromatic carbocycles. The van der Waals surface area contributed by atoms with E-state index in [0.29, 0.717) is 55.3 Å². The number of aromatic nitrogens is 5. The van der Waals surface area contributed by atoms with Gasteiger partial charge in [-0.3, -0.25) is 14.4 Å². The van der Waals surface area contributed by atoms with Crippen LogP contribution in [0.5, 0.6) is 0 Å². The predicted molar refractivity (Wildman–Crippen MR) is 174 cm³/mol. The molecule has 0 saturated heterocycles. The van der Waals surface area contributed by atoms with Crippen molar-refractivity contribution in [1.29, 1.82) is 0 Å². The molecule has 1 aliphatic rings. The number of nitrogens with zero attached hydrogens (tertiary/aromatic N) is 6. The summed E-state index contributed by atoms with van der Waals surface area (Å²) in [7, 11) is 0. The van der Waals surface area contributed by atoms with Crippen molar-refractivity contribution in [2.75, 3.05) is 18.8 Å². The van der Waals surface area contributed by atoms with E-state index in [2.05, 4.69) is 25.7 Å². The van der Waals surface area contributed by atoms with E-state index in [4.69, 9.17) is 10.7 Å². The van der Waals surface area contributed by atoms with Crippen molar-refractivity contribution in [3.05, 3.63) is 89.6 Å². The number of nitrogens with two attached hydrogens (primary N) is 1. The summed E-state index contributed by atoms with van der Waals surface area (Å²) >= 11 is 0. The summed E-state index contributed by atoms with van der Waals surface area (Å²) in [5.41, 5.74) is 8.44. The molecule has 0 radical (unpaired) electrons. The first-order chi connectivity index (χ1) is 22.2. The molecule has 0 aliphatic carbocycles. The fraction of sp³-hybridized carbons (Fsp3) is 0.382. The molecule has 0 fully saturated rings. The van der Waals surface area contributed by atoms with Crippen LogP contribution in [-0.4, -0.2) is 66.5 Å². The summed E-state index contributed by atoms with van der Waals surface area (Å²) in [6.45, 7) is 6.63. The maximum Gasteiger partial charge on any atom is 0.257 e. The number of hydrogen-bond donors (Lipinski definition) is 3. The minimum Gasteiger partial charge on any atom is -0.368 e. The van der Waals surface area contributed by atoms with Crippen molar-refractivity contribution in [3.63, 3.8) is 0 Å². The monoisotopic (exact) mass is 623 g/mol. The van der Waals surface area contributed by atoms with E-state index < -0.39 is 12.1 Å². The van der Waals surface area contributed by atoms with Crippen molar-refractivity contribution in [1.82, 2.24) is 40.3 Å². The second-order valence-electron chi connectivity index (χ2n) is 11.7. The fourth-order valence-electron chi connectivity index (χ4n) is 5.66. The molecule has 12 nitrogen and oxygen atoms in total. The highest BCUT2D eigenvalue weighted by molar-refractivity contribution is 5.99. The van der Waals surface area contributed by atoms with Gasteiger partial charge in [0, 0.05) is 31.3 Å². The first-order valence-corrected chi connectivity index (χ1v) is 15.8. The Kier molecular flexibility index (Phi) is 10.4. The smallest absolute Gasteiger partial charge is 0.257 e. The topological polar surface area (TPSA) is 161 Å². The van der Waals surface area contributed by atoms with Gasteiger partial charge in [-0.25, -0.2) is 19.6 Å². The third-order valence-corrected chi connectivity index (χ3v) is 8.31. The van der Waals surface area contributed by atoms with E-state index in [1.807, 2.05) is 74.5 Å². The number of carbonyl (C=O) groups excluding carboxylic acids is 3. The highest BCUT2D eigenvalue weighted by atomic mass is 16.2. The zero-order valence-corrected chi connectivity index (χ0v) is 26.5. The molecule has 3 amide bonds. The van der Waals surface area contributed by atoms with E-state index >= 15 is 0 Å². The molecule has 0 bridgehead atoms. The van der Waals surface area contributed by atoms with Crippen LogP contribution in [0.1, 0.15) is 66.7 Å². The van der Waals surface area contributed by atoms with E-state index in [-0.39, 0.29) is 42.6 Å². The number of nitrogens with one attached hydrogen (secondary N) is 2. The number of amides is 3. The Bertz CT molecular complexity index is 1660. The van der Waals surface area contributed by atoms with Gasteiger partial charge in [0.25, 0.3) is 5.91 Å². The van der Waals surface area contributed by atoms with Crippen LogP contribution in [0.15, 0.2) is 66.9 Å². The Morgan fingerprint density at radius 3 is 2.43 bits per heavy atom. The number of fused-ring (bicyclic) bond motifs is 1. The molecule has 5 rings (SSSR count). The third kappa shape index (κ3) is 7.74. The third-order valence-electron chi connectivity index (χ3n) is 8.31. The van der Waals surface area contributed by atoms with Gasteiger partial charge in [-0.05, 0) is 31.2 Å². The summed E-state index contributed by atoms with van der Waals surface area (Å²) in [5, 5.41) is 10.8. The second kappa shape index (κ2) is 14.8. The van der Waals surface area contributed by atoms with Gasteiger partial charge in [0.05, 0.1) is 23.8 Å². The normalized spacial score (nSPS) is 18.5. The highest BCUT2D eigenvalue weighted by Gasteiger charge is 2.31. The molecular weight excluding hydrogens is 582 g/mol. The maximum atomic E-state index is 14.2. The molecular formula is C34H41N9O3. The van der Waals surface area contributed by atoms with Crippen molar-refractivity contribution in [2.24, 2.45) is 5.92 Å².